The van der Waals surface area contributed by atoms with Gasteiger partial charge in [-0.3, -0.25) is 4.79 Å². The van der Waals surface area contributed by atoms with Gasteiger partial charge in [0, 0.05) is 12.5 Å². The van der Waals surface area contributed by atoms with E-state index in [0.717, 1.165) is 5.56 Å². The topological polar surface area (TPSA) is 54.9 Å². The predicted molar refractivity (Wildman–Crippen MR) is 75.2 cm³/mol. The molecule has 4 nitrogen and oxygen atoms in total. The van der Waals surface area contributed by atoms with E-state index < -0.39 is 0 Å². The van der Waals surface area contributed by atoms with Crippen LogP contribution in [-0.4, -0.2) is 15.9 Å². The van der Waals surface area contributed by atoms with Crippen LogP contribution in [0.3, 0.4) is 0 Å². The number of carbonyl (C=O) groups excluding carboxylic acids is 1. The monoisotopic (exact) mass is 275 g/mol. The van der Waals surface area contributed by atoms with Gasteiger partial charge in [-0.25, -0.2) is 9.97 Å². The highest BCUT2D eigenvalue weighted by molar-refractivity contribution is 6.29. The Bertz CT molecular complexity index is 569. The molecule has 0 unspecified atom stereocenters. The largest absolute Gasteiger partial charge is 0.311 e. The Balaban J connectivity index is 1.86. The van der Waals surface area contributed by atoms with Crippen LogP contribution in [-0.2, 0) is 11.2 Å². The van der Waals surface area contributed by atoms with Gasteiger partial charge in [0.05, 0.1) is 0 Å². The fourth-order valence-corrected chi connectivity index (χ4v) is 1.77. The zero-order chi connectivity index (χ0) is 13.7. The maximum absolute atomic E-state index is 11.7. The van der Waals surface area contributed by atoms with Gasteiger partial charge >= 0.3 is 0 Å². The van der Waals surface area contributed by atoms with Gasteiger partial charge in [0.1, 0.15) is 17.3 Å². The van der Waals surface area contributed by atoms with Crippen LogP contribution in [0.15, 0.2) is 36.7 Å². The molecule has 0 saturated carbocycles. The van der Waals surface area contributed by atoms with E-state index >= 15 is 0 Å². The number of nitrogens with one attached hydrogen (secondary N) is 1. The highest BCUT2D eigenvalue weighted by atomic mass is 35.5. The minimum absolute atomic E-state index is 0.0876. The van der Waals surface area contributed by atoms with Crippen molar-refractivity contribution < 1.29 is 4.79 Å². The number of hydrogen-bond donors (Lipinski definition) is 1. The van der Waals surface area contributed by atoms with Crippen molar-refractivity contribution in [1.82, 2.24) is 9.97 Å². The normalized spacial score (nSPS) is 10.2. The zero-order valence-electron chi connectivity index (χ0n) is 10.6. The molecule has 98 valence electrons. The van der Waals surface area contributed by atoms with Crippen molar-refractivity contribution in [3.05, 3.63) is 52.9 Å². The van der Waals surface area contributed by atoms with Crippen LogP contribution in [0.2, 0.25) is 5.15 Å². The van der Waals surface area contributed by atoms with Crippen molar-refractivity contribution in [2.24, 2.45) is 0 Å². The number of nitrogens with zero attached hydrogens (tertiary/aromatic N) is 2. The highest BCUT2D eigenvalue weighted by Crippen LogP contribution is 2.10. The zero-order valence-corrected chi connectivity index (χ0v) is 11.3. The molecule has 1 aromatic carbocycles. The summed E-state index contributed by atoms with van der Waals surface area (Å²) in [5.74, 6) is 0.337. The first kappa shape index (κ1) is 13.5. The molecule has 0 atom stereocenters. The molecule has 0 aliphatic carbocycles. The maximum atomic E-state index is 11.7. The first-order valence-corrected chi connectivity index (χ1v) is 6.34. The second-order valence-corrected chi connectivity index (χ2v) is 4.65. The predicted octanol–water partition coefficient (Wildman–Crippen LogP) is 3.01. The summed E-state index contributed by atoms with van der Waals surface area (Å²) in [7, 11) is 0. The van der Waals surface area contributed by atoms with E-state index in [1.165, 1.54) is 18.0 Å². The van der Waals surface area contributed by atoms with Crippen LogP contribution in [0.4, 0.5) is 5.82 Å². The van der Waals surface area contributed by atoms with E-state index in [2.05, 4.69) is 15.3 Å². The van der Waals surface area contributed by atoms with Crippen LogP contribution >= 0.6 is 11.6 Å². The Kier molecular flexibility index (Phi) is 4.47. The van der Waals surface area contributed by atoms with Crippen LogP contribution in [0.25, 0.3) is 0 Å². The summed E-state index contributed by atoms with van der Waals surface area (Å²) in [4.78, 5) is 19.4. The average molecular weight is 276 g/mol. The van der Waals surface area contributed by atoms with Gasteiger partial charge in [-0.05, 0) is 18.9 Å². The van der Waals surface area contributed by atoms with Gasteiger partial charge < -0.3 is 5.32 Å². The molecule has 5 heteroatoms. The summed E-state index contributed by atoms with van der Waals surface area (Å²) >= 11 is 5.71. The Hall–Kier alpha value is -1.94. The smallest absolute Gasteiger partial charge is 0.225 e. The molecule has 0 aliphatic rings. The number of amides is 1. The number of aromatic nitrogens is 2. The SMILES string of the molecule is Cc1ccc(CCC(=O)Nc2cc(Cl)ncn2)cc1. The van der Waals surface area contributed by atoms with E-state index in [1.54, 1.807) is 0 Å². The van der Waals surface area contributed by atoms with Crippen molar-refractivity contribution in [3.63, 3.8) is 0 Å². The van der Waals surface area contributed by atoms with Crippen LogP contribution in [0.1, 0.15) is 17.5 Å². The third kappa shape index (κ3) is 4.34. The third-order valence-corrected chi connectivity index (χ3v) is 2.87. The highest BCUT2D eigenvalue weighted by Gasteiger charge is 2.04. The minimum Gasteiger partial charge on any atom is -0.311 e. The number of anilines is 1. The quantitative estimate of drug-likeness (QED) is 0.873. The average Bonchev–Trinajstić information content (AvgIpc) is 2.38. The van der Waals surface area contributed by atoms with E-state index in [1.807, 2.05) is 31.2 Å². The molecule has 0 saturated heterocycles. The summed E-state index contributed by atoms with van der Waals surface area (Å²) in [6, 6.07) is 9.66. The Morgan fingerprint density at radius 3 is 2.68 bits per heavy atom. The molecule has 0 fully saturated rings. The van der Waals surface area contributed by atoms with Crippen molar-refractivity contribution in [3.8, 4) is 0 Å². The molecule has 1 N–H and O–H groups in total. The third-order valence-electron chi connectivity index (χ3n) is 2.66. The Labute approximate surface area is 116 Å². The Morgan fingerprint density at radius 2 is 2.00 bits per heavy atom. The van der Waals surface area contributed by atoms with Crippen LogP contribution in [0.5, 0.6) is 0 Å². The molecule has 0 spiro atoms. The summed E-state index contributed by atoms with van der Waals surface area (Å²) in [6.45, 7) is 2.04. The van der Waals surface area contributed by atoms with Gasteiger partial charge in [-0.2, -0.15) is 0 Å². The van der Waals surface area contributed by atoms with E-state index in [9.17, 15) is 4.79 Å². The molecule has 0 radical (unpaired) electrons. The number of aryl methyl sites for hydroxylation is 2. The fourth-order valence-electron chi connectivity index (χ4n) is 1.62. The summed E-state index contributed by atoms with van der Waals surface area (Å²) in [6.07, 6.45) is 2.42. The fraction of sp³-hybridized carbons (Fsp3) is 0.214. The molecule has 0 aliphatic heterocycles. The van der Waals surface area contributed by atoms with E-state index in [0.29, 0.717) is 23.8 Å². The van der Waals surface area contributed by atoms with E-state index in [4.69, 9.17) is 11.6 Å². The number of hydrogen-bond acceptors (Lipinski definition) is 3. The minimum atomic E-state index is -0.0876. The lowest BCUT2D eigenvalue weighted by molar-refractivity contribution is -0.116. The second kappa shape index (κ2) is 6.29. The van der Waals surface area contributed by atoms with Gasteiger partial charge in [-0.1, -0.05) is 41.4 Å². The standard InChI is InChI=1S/C14H14ClN3O/c1-10-2-4-11(5-3-10)6-7-14(19)18-13-8-12(15)16-9-17-13/h2-5,8-9H,6-7H2,1H3,(H,16,17,18,19). The first-order valence-electron chi connectivity index (χ1n) is 5.96. The second-order valence-electron chi connectivity index (χ2n) is 4.26. The number of halogens is 1. The van der Waals surface area contributed by atoms with Gasteiger partial charge in [0.2, 0.25) is 5.91 Å². The van der Waals surface area contributed by atoms with Crippen LogP contribution in [0, 0.1) is 6.92 Å². The summed E-state index contributed by atoms with van der Waals surface area (Å²) in [5.41, 5.74) is 2.35. The molecule has 1 aromatic heterocycles. The van der Waals surface area contributed by atoms with E-state index in [-0.39, 0.29) is 5.91 Å². The van der Waals surface area contributed by atoms with Crippen molar-refractivity contribution >= 4 is 23.3 Å². The molecule has 2 aromatic rings. The lowest BCUT2D eigenvalue weighted by Crippen LogP contribution is -2.13. The van der Waals surface area contributed by atoms with Crippen molar-refractivity contribution in [2.75, 3.05) is 5.32 Å². The van der Waals surface area contributed by atoms with Gasteiger partial charge in [0.15, 0.2) is 0 Å². The molecule has 0 bridgehead atoms. The number of benzene rings is 1. The lowest BCUT2D eigenvalue weighted by Gasteiger charge is -2.04. The summed E-state index contributed by atoms with van der Waals surface area (Å²) in [5, 5.41) is 3.00. The molecule has 1 amide bonds. The number of carbonyl (C=O) groups is 1. The molecule has 2 rings (SSSR count). The number of rotatable bonds is 4. The van der Waals surface area contributed by atoms with Gasteiger partial charge in [0.25, 0.3) is 0 Å². The van der Waals surface area contributed by atoms with Crippen molar-refractivity contribution in [1.29, 1.82) is 0 Å². The lowest BCUT2D eigenvalue weighted by atomic mass is 10.1. The molecule has 1 heterocycles. The molecular formula is C14H14ClN3O. The Morgan fingerprint density at radius 1 is 1.26 bits per heavy atom. The van der Waals surface area contributed by atoms with Crippen molar-refractivity contribution in [2.45, 2.75) is 19.8 Å². The molecule has 19 heavy (non-hydrogen) atoms. The first-order chi connectivity index (χ1) is 9.13. The van der Waals surface area contributed by atoms with Gasteiger partial charge in [-0.15, -0.1) is 0 Å². The maximum Gasteiger partial charge on any atom is 0.225 e. The van der Waals surface area contributed by atoms with Crippen LogP contribution < -0.4 is 5.32 Å². The molecular weight excluding hydrogens is 262 g/mol. The summed E-state index contributed by atoms with van der Waals surface area (Å²) < 4.78 is 0.